The smallest absolute Gasteiger partial charge is 0.167 e. The molecule has 0 bridgehead atoms. The lowest BCUT2D eigenvalue weighted by Crippen LogP contribution is -1.89. The first-order valence-electron chi connectivity index (χ1n) is 6.19. The SMILES string of the molecule is CCc1ccc(Cc2noc3ccc[c]c23)cc1. The molecule has 0 aliphatic heterocycles. The van der Waals surface area contributed by atoms with Crippen molar-refractivity contribution in [2.75, 3.05) is 0 Å². The number of benzene rings is 2. The van der Waals surface area contributed by atoms with Crippen molar-refractivity contribution in [3.8, 4) is 0 Å². The zero-order valence-electron chi connectivity index (χ0n) is 10.3. The number of aromatic nitrogens is 1. The third-order valence-corrected chi connectivity index (χ3v) is 3.16. The van der Waals surface area contributed by atoms with Crippen LogP contribution in [0.3, 0.4) is 0 Å². The van der Waals surface area contributed by atoms with Gasteiger partial charge in [0.05, 0.1) is 11.1 Å². The Morgan fingerprint density at radius 3 is 2.67 bits per heavy atom. The average molecular weight is 236 g/mol. The summed E-state index contributed by atoms with van der Waals surface area (Å²) >= 11 is 0. The molecule has 0 saturated heterocycles. The molecule has 1 radical (unpaired) electrons. The predicted octanol–water partition coefficient (Wildman–Crippen LogP) is 3.78. The van der Waals surface area contributed by atoms with E-state index in [4.69, 9.17) is 4.52 Å². The van der Waals surface area contributed by atoms with Crippen LogP contribution in [-0.4, -0.2) is 5.16 Å². The standard InChI is InChI=1S/C16H14NO/c1-2-12-7-9-13(10-8-12)11-15-14-5-3-4-6-16(14)18-17-15/h3-4,6-10H,2,11H2,1H3. The summed E-state index contributed by atoms with van der Waals surface area (Å²) in [6.45, 7) is 2.16. The molecular weight excluding hydrogens is 222 g/mol. The van der Waals surface area contributed by atoms with Crippen molar-refractivity contribution in [3.05, 3.63) is 65.4 Å². The van der Waals surface area contributed by atoms with E-state index < -0.39 is 0 Å². The van der Waals surface area contributed by atoms with E-state index in [0.29, 0.717) is 0 Å². The summed E-state index contributed by atoms with van der Waals surface area (Å²) in [5, 5.41) is 5.11. The highest BCUT2D eigenvalue weighted by Gasteiger charge is 2.08. The van der Waals surface area contributed by atoms with Gasteiger partial charge in [-0.2, -0.15) is 0 Å². The monoisotopic (exact) mass is 236 g/mol. The fraction of sp³-hybridized carbons (Fsp3) is 0.188. The normalized spacial score (nSPS) is 10.9. The fourth-order valence-corrected chi connectivity index (χ4v) is 2.08. The molecule has 0 saturated carbocycles. The second-order valence-corrected chi connectivity index (χ2v) is 4.39. The van der Waals surface area contributed by atoms with Gasteiger partial charge in [-0.1, -0.05) is 48.5 Å². The summed E-state index contributed by atoms with van der Waals surface area (Å²) in [7, 11) is 0. The molecule has 3 aromatic rings. The second kappa shape index (κ2) is 4.65. The minimum absolute atomic E-state index is 0.789. The van der Waals surface area contributed by atoms with Crippen LogP contribution in [0.25, 0.3) is 11.0 Å². The fourth-order valence-electron chi connectivity index (χ4n) is 2.08. The van der Waals surface area contributed by atoms with E-state index in [2.05, 4.69) is 42.4 Å². The molecule has 0 fully saturated rings. The highest BCUT2D eigenvalue weighted by molar-refractivity contribution is 5.78. The molecular formula is C16H14NO. The molecule has 0 atom stereocenters. The molecule has 2 nitrogen and oxygen atoms in total. The molecule has 1 aromatic heterocycles. The highest BCUT2D eigenvalue weighted by Crippen LogP contribution is 2.20. The van der Waals surface area contributed by atoms with Gasteiger partial charge in [0.25, 0.3) is 0 Å². The van der Waals surface area contributed by atoms with Crippen LogP contribution in [0.1, 0.15) is 23.7 Å². The molecule has 1 heterocycles. The molecule has 2 aromatic carbocycles. The topological polar surface area (TPSA) is 26.0 Å². The Labute approximate surface area is 106 Å². The van der Waals surface area contributed by atoms with E-state index in [1.165, 1.54) is 11.1 Å². The molecule has 0 spiro atoms. The van der Waals surface area contributed by atoms with E-state index in [0.717, 1.165) is 29.5 Å². The lowest BCUT2D eigenvalue weighted by Gasteiger charge is -2.00. The van der Waals surface area contributed by atoms with Crippen LogP contribution in [0.4, 0.5) is 0 Å². The molecule has 3 rings (SSSR count). The predicted molar refractivity (Wildman–Crippen MR) is 71.5 cm³/mol. The second-order valence-electron chi connectivity index (χ2n) is 4.39. The Morgan fingerprint density at radius 2 is 1.89 bits per heavy atom. The lowest BCUT2D eigenvalue weighted by atomic mass is 10.0. The third kappa shape index (κ3) is 2.02. The van der Waals surface area contributed by atoms with E-state index in [1.807, 2.05) is 18.2 Å². The summed E-state index contributed by atoms with van der Waals surface area (Å²) in [6.07, 6.45) is 1.86. The third-order valence-electron chi connectivity index (χ3n) is 3.16. The lowest BCUT2D eigenvalue weighted by molar-refractivity contribution is 0.448. The van der Waals surface area contributed by atoms with Gasteiger partial charge >= 0.3 is 0 Å². The first-order chi connectivity index (χ1) is 8.86. The zero-order valence-corrected chi connectivity index (χ0v) is 10.3. The number of hydrogen-bond donors (Lipinski definition) is 0. The van der Waals surface area contributed by atoms with Crippen molar-refractivity contribution in [2.45, 2.75) is 19.8 Å². The minimum atomic E-state index is 0.789. The van der Waals surface area contributed by atoms with E-state index in [-0.39, 0.29) is 0 Å². The summed E-state index contributed by atoms with van der Waals surface area (Å²) in [5.74, 6) is 0. The molecule has 0 aliphatic rings. The van der Waals surface area contributed by atoms with Crippen LogP contribution in [0.5, 0.6) is 0 Å². The van der Waals surface area contributed by atoms with Crippen molar-refractivity contribution in [1.29, 1.82) is 0 Å². The van der Waals surface area contributed by atoms with Gasteiger partial charge in [-0.15, -0.1) is 0 Å². The molecule has 89 valence electrons. The maximum Gasteiger partial charge on any atom is 0.167 e. The van der Waals surface area contributed by atoms with Gasteiger partial charge in [-0.25, -0.2) is 0 Å². The first kappa shape index (κ1) is 11.0. The van der Waals surface area contributed by atoms with Gasteiger partial charge in [-0.05, 0) is 29.7 Å². The summed E-state index contributed by atoms with van der Waals surface area (Å²) in [4.78, 5) is 0. The van der Waals surface area contributed by atoms with Gasteiger partial charge in [-0.3, -0.25) is 0 Å². The van der Waals surface area contributed by atoms with Gasteiger partial charge in [0, 0.05) is 6.42 Å². The molecule has 0 amide bonds. The molecule has 0 aliphatic carbocycles. The maximum atomic E-state index is 5.28. The Bertz CT molecular complexity index is 652. The maximum absolute atomic E-state index is 5.28. The Morgan fingerprint density at radius 1 is 1.11 bits per heavy atom. The van der Waals surface area contributed by atoms with Gasteiger partial charge in [0.2, 0.25) is 0 Å². The van der Waals surface area contributed by atoms with Crippen molar-refractivity contribution in [2.24, 2.45) is 0 Å². The number of fused-ring (bicyclic) bond motifs is 1. The molecule has 0 N–H and O–H groups in total. The quantitative estimate of drug-likeness (QED) is 0.691. The van der Waals surface area contributed by atoms with Crippen LogP contribution >= 0.6 is 0 Å². The van der Waals surface area contributed by atoms with Gasteiger partial charge < -0.3 is 4.52 Å². The van der Waals surface area contributed by atoms with Crippen molar-refractivity contribution < 1.29 is 4.52 Å². The van der Waals surface area contributed by atoms with Crippen LogP contribution in [0, 0.1) is 6.07 Å². The van der Waals surface area contributed by atoms with Crippen molar-refractivity contribution >= 4 is 11.0 Å². The largest absolute Gasteiger partial charge is 0.356 e. The van der Waals surface area contributed by atoms with Crippen LogP contribution in [0.15, 0.2) is 47.0 Å². The Balaban J connectivity index is 1.91. The zero-order chi connectivity index (χ0) is 12.4. The van der Waals surface area contributed by atoms with Gasteiger partial charge in [0.15, 0.2) is 5.58 Å². The van der Waals surface area contributed by atoms with Crippen LogP contribution in [-0.2, 0) is 12.8 Å². The van der Waals surface area contributed by atoms with E-state index in [1.54, 1.807) is 0 Å². The molecule has 2 heteroatoms. The summed E-state index contributed by atoms with van der Waals surface area (Å²) in [6, 6.07) is 17.6. The van der Waals surface area contributed by atoms with Gasteiger partial charge in [0.1, 0.15) is 0 Å². The number of rotatable bonds is 3. The Hall–Kier alpha value is -2.09. The van der Waals surface area contributed by atoms with E-state index in [9.17, 15) is 0 Å². The average Bonchev–Trinajstić information content (AvgIpc) is 2.83. The van der Waals surface area contributed by atoms with Crippen molar-refractivity contribution in [1.82, 2.24) is 5.16 Å². The minimum Gasteiger partial charge on any atom is -0.356 e. The van der Waals surface area contributed by atoms with Crippen molar-refractivity contribution in [3.63, 3.8) is 0 Å². The molecule has 18 heavy (non-hydrogen) atoms. The Kier molecular flexibility index (Phi) is 2.85. The van der Waals surface area contributed by atoms with Crippen LogP contribution in [0.2, 0.25) is 0 Å². The number of nitrogens with zero attached hydrogens (tertiary/aromatic N) is 1. The van der Waals surface area contributed by atoms with Crippen LogP contribution < -0.4 is 0 Å². The number of hydrogen-bond acceptors (Lipinski definition) is 2. The van der Waals surface area contributed by atoms with E-state index >= 15 is 0 Å². The first-order valence-corrected chi connectivity index (χ1v) is 6.19. The highest BCUT2D eigenvalue weighted by atomic mass is 16.5. The number of aryl methyl sites for hydroxylation is 1. The molecule has 0 unspecified atom stereocenters. The summed E-state index contributed by atoms with van der Waals surface area (Å²) < 4.78 is 5.28. The summed E-state index contributed by atoms with van der Waals surface area (Å²) in [5.41, 5.74) is 4.36.